The average Bonchev–Trinajstić information content (AvgIpc) is 2.05. The van der Waals surface area contributed by atoms with Gasteiger partial charge in [0, 0.05) is 12.5 Å². The van der Waals surface area contributed by atoms with Gasteiger partial charge in [-0.2, -0.15) is 0 Å². The Morgan fingerprint density at radius 3 is 2.50 bits per heavy atom. The van der Waals surface area contributed by atoms with Crippen molar-refractivity contribution in [3.05, 3.63) is 0 Å². The minimum atomic E-state index is 0.634. The maximum atomic E-state index is 3.25. The minimum absolute atomic E-state index is 0.634. The molecule has 0 aliphatic rings. The van der Waals surface area contributed by atoms with Crippen LogP contribution in [0.3, 0.4) is 0 Å². The fourth-order valence-electron chi connectivity index (χ4n) is 1.28. The molecule has 0 fully saturated rings. The maximum Gasteiger partial charge on any atom is 0.00911 e. The smallest absolute Gasteiger partial charge is 0.00911 e. The first-order valence-corrected chi connectivity index (χ1v) is 4.77. The third-order valence-electron chi connectivity index (χ3n) is 2.19. The third-order valence-corrected chi connectivity index (χ3v) is 2.19. The van der Waals surface area contributed by atoms with Crippen molar-refractivity contribution in [1.82, 2.24) is 5.32 Å². The molecule has 1 N–H and O–H groups in total. The maximum absolute atomic E-state index is 3.25. The first kappa shape index (κ1) is 11.5. The van der Waals surface area contributed by atoms with Crippen molar-refractivity contribution in [2.45, 2.75) is 46.1 Å². The topological polar surface area (TPSA) is 12.0 Å². The zero-order chi connectivity index (χ0) is 9.40. The predicted molar refractivity (Wildman–Crippen MR) is 55.0 cm³/mol. The van der Waals surface area contributed by atoms with Crippen molar-refractivity contribution in [2.75, 3.05) is 7.05 Å². The van der Waals surface area contributed by atoms with Gasteiger partial charge in [0.15, 0.2) is 0 Å². The van der Waals surface area contributed by atoms with Crippen LogP contribution >= 0.6 is 0 Å². The molecular formula is C11H21N. The van der Waals surface area contributed by atoms with E-state index < -0.39 is 0 Å². The van der Waals surface area contributed by atoms with E-state index in [0.717, 1.165) is 12.3 Å². The average molecular weight is 167 g/mol. The lowest BCUT2D eigenvalue weighted by atomic mass is 9.98. The van der Waals surface area contributed by atoms with E-state index in [9.17, 15) is 0 Å². The van der Waals surface area contributed by atoms with Gasteiger partial charge in [-0.15, -0.1) is 11.8 Å². The van der Waals surface area contributed by atoms with Crippen LogP contribution in [0.4, 0.5) is 0 Å². The Bertz CT molecular complexity index is 152. The van der Waals surface area contributed by atoms with Gasteiger partial charge in [-0.05, 0) is 39.7 Å². The van der Waals surface area contributed by atoms with E-state index >= 15 is 0 Å². The summed E-state index contributed by atoms with van der Waals surface area (Å²) in [7, 11) is 2.02. The van der Waals surface area contributed by atoms with E-state index in [-0.39, 0.29) is 0 Å². The molecule has 0 spiro atoms. The number of nitrogens with one attached hydrogen (secondary N) is 1. The molecule has 0 aromatic carbocycles. The molecule has 2 atom stereocenters. The molecule has 0 saturated carbocycles. The molecular weight excluding hydrogens is 146 g/mol. The Balaban J connectivity index is 3.43. The van der Waals surface area contributed by atoms with Gasteiger partial charge in [0.25, 0.3) is 0 Å². The summed E-state index contributed by atoms with van der Waals surface area (Å²) >= 11 is 0. The van der Waals surface area contributed by atoms with Crippen molar-refractivity contribution < 1.29 is 0 Å². The molecule has 70 valence electrons. The highest BCUT2D eigenvalue weighted by Gasteiger charge is 2.05. The van der Waals surface area contributed by atoms with Crippen molar-refractivity contribution in [3.63, 3.8) is 0 Å². The van der Waals surface area contributed by atoms with Crippen molar-refractivity contribution in [2.24, 2.45) is 5.92 Å². The van der Waals surface area contributed by atoms with Crippen LogP contribution in [-0.2, 0) is 0 Å². The Morgan fingerprint density at radius 1 is 1.33 bits per heavy atom. The number of rotatable bonds is 5. The lowest BCUT2D eigenvalue weighted by molar-refractivity contribution is 0.424. The molecule has 1 heteroatoms. The van der Waals surface area contributed by atoms with Crippen molar-refractivity contribution >= 4 is 0 Å². The highest BCUT2D eigenvalue weighted by Crippen LogP contribution is 2.11. The molecule has 0 heterocycles. The summed E-state index contributed by atoms with van der Waals surface area (Å²) in [4.78, 5) is 0. The van der Waals surface area contributed by atoms with E-state index in [0.29, 0.717) is 6.04 Å². The normalized spacial score (nSPS) is 14.7. The highest BCUT2D eigenvalue weighted by molar-refractivity contribution is 4.94. The molecule has 0 rings (SSSR count). The molecule has 12 heavy (non-hydrogen) atoms. The predicted octanol–water partition coefficient (Wildman–Crippen LogP) is 2.42. The Kier molecular flexibility index (Phi) is 6.90. The second-order valence-corrected chi connectivity index (χ2v) is 3.50. The number of hydrogen-bond donors (Lipinski definition) is 1. The van der Waals surface area contributed by atoms with E-state index in [1.807, 2.05) is 14.0 Å². The molecule has 2 unspecified atom stereocenters. The van der Waals surface area contributed by atoms with Crippen LogP contribution in [0.1, 0.15) is 40.0 Å². The van der Waals surface area contributed by atoms with Crippen molar-refractivity contribution in [1.29, 1.82) is 0 Å². The quantitative estimate of drug-likeness (QED) is 0.620. The van der Waals surface area contributed by atoms with E-state index in [2.05, 4.69) is 31.0 Å². The van der Waals surface area contributed by atoms with E-state index in [1.54, 1.807) is 0 Å². The first-order chi connectivity index (χ1) is 5.70. The monoisotopic (exact) mass is 167 g/mol. The van der Waals surface area contributed by atoms with Crippen LogP contribution in [0.25, 0.3) is 0 Å². The van der Waals surface area contributed by atoms with Crippen LogP contribution in [0.2, 0.25) is 0 Å². The van der Waals surface area contributed by atoms with Crippen LogP contribution in [0, 0.1) is 17.8 Å². The van der Waals surface area contributed by atoms with Crippen molar-refractivity contribution in [3.8, 4) is 11.8 Å². The summed E-state index contributed by atoms with van der Waals surface area (Å²) < 4.78 is 0. The SMILES string of the molecule is CC#CCCC(C)CC(C)NC. The standard InChI is InChI=1S/C11H21N/c1-5-6-7-8-10(2)9-11(3)12-4/h10-12H,7-9H2,1-4H3. The van der Waals surface area contributed by atoms with Gasteiger partial charge in [-0.3, -0.25) is 0 Å². The summed E-state index contributed by atoms with van der Waals surface area (Å²) in [5.41, 5.74) is 0. The van der Waals surface area contributed by atoms with E-state index in [4.69, 9.17) is 0 Å². The second-order valence-electron chi connectivity index (χ2n) is 3.50. The van der Waals surface area contributed by atoms with Gasteiger partial charge in [-0.1, -0.05) is 6.92 Å². The van der Waals surface area contributed by atoms with Crippen LogP contribution < -0.4 is 5.32 Å². The van der Waals surface area contributed by atoms with E-state index in [1.165, 1.54) is 12.8 Å². The van der Waals surface area contributed by atoms with Gasteiger partial charge in [0.1, 0.15) is 0 Å². The van der Waals surface area contributed by atoms with Gasteiger partial charge in [0.2, 0.25) is 0 Å². The fraction of sp³-hybridized carbons (Fsp3) is 0.818. The molecule has 0 aliphatic carbocycles. The van der Waals surface area contributed by atoms with Gasteiger partial charge in [0.05, 0.1) is 0 Å². The second kappa shape index (κ2) is 7.18. The summed E-state index contributed by atoms with van der Waals surface area (Å²) in [6.07, 6.45) is 3.53. The molecule has 1 nitrogen and oxygen atoms in total. The van der Waals surface area contributed by atoms with Crippen LogP contribution in [-0.4, -0.2) is 13.1 Å². The molecule has 0 amide bonds. The van der Waals surface area contributed by atoms with Crippen LogP contribution in [0.15, 0.2) is 0 Å². The first-order valence-electron chi connectivity index (χ1n) is 4.77. The zero-order valence-electron chi connectivity index (χ0n) is 8.78. The molecule has 0 aromatic heterocycles. The molecule has 0 saturated heterocycles. The number of hydrogen-bond acceptors (Lipinski definition) is 1. The summed E-state index contributed by atoms with van der Waals surface area (Å²) in [6, 6.07) is 0.634. The summed E-state index contributed by atoms with van der Waals surface area (Å²) in [5.74, 6) is 6.81. The summed E-state index contributed by atoms with van der Waals surface area (Å²) in [5, 5.41) is 3.25. The molecule has 0 bridgehead atoms. The van der Waals surface area contributed by atoms with Gasteiger partial charge < -0.3 is 5.32 Å². The Morgan fingerprint density at radius 2 is 2.00 bits per heavy atom. The largest absolute Gasteiger partial charge is 0.317 e. The fourth-order valence-corrected chi connectivity index (χ4v) is 1.28. The molecule has 0 aromatic rings. The van der Waals surface area contributed by atoms with Gasteiger partial charge in [-0.25, -0.2) is 0 Å². The molecule has 0 aliphatic heterocycles. The minimum Gasteiger partial charge on any atom is -0.317 e. The lowest BCUT2D eigenvalue weighted by Gasteiger charge is -2.15. The Hall–Kier alpha value is -0.480. The third kappa shape index (κ3) is 6.24. The van der Waals surface area contributed by atoms with Gasteiger partial charge >= 0.3 is 0 Å². The summed E-state index contributed by atoms with van der Waals surface area (Å²) in [6.45, 7) is 6.42. The zero-order valence-corrected chi connectivity index (χ0v) is 8.78. The lowest BCUT2D eigenvalue weighted by Crippen LogP contribution is -2.23. The van der Waals surface area contributed by atoms with Crippen LogP contribution in [0.5, 0.6) is 0 Å². The highest BCUT2D eigenvalue weighted by atomic mass is 14.8. The Labute approximate surface area is 76.9 Å². The molecule has 0 radical (unpaired) electrons.